The van der Waals surface area contributed by atoms with Crippen LogP contribution in [0.3, 0.4) is 0 Å². The van der Waals surface area contributed by atoms with E-state index in [0.717, 1.165) is 25.2 Å². The number of rotatable bonds is 4. The molecule has 2 atom stereocenters. The Hall–Kier alpha value is -0.240. The highest BCUT2D eigenvalue weighted by Crippen LogP contribution is 2.28. The minimum Gasteiger partial charge on any atom is -0.352 e. The zero-order valence-electron chi connectivity index (χ0n) is 10.6. The maximum Gasteiger partial charge on any atom is 0.220 e. The normalized spacial score (nSPS) is 30.4. The molecule has 0 aliphatic heterocycles. The van der Waals surface area contributed by atoms with Gasteiger partial charge in [-0.2, -0.15) is 0 Å². The third kappa shape index (κ3) is 4.17. The van der Waals surface area contributed by atoms with Crippen molar-refractivity contribution in [1.29, 1.82) is 0 Å². The zero-order chi connectivity index (χ0) is 12.1. The maximum absolute atomic E-state index is 11.8. The Bertz CT molecular complexity index is 251. The second-order valence-electron chi connectivity index (χ2n) is 5.66. The quantitative estimate of drug-likeness (QED) is 0.766. The molecule has 2 nitrogen and oxygen atoms in total. The van der Waals surface area contributed by atoms with Crippen molar-refractivity contribution in [2.45, 2.75) is 75.6 Å². The summed E-state index contributed by atoms with van der Waals surface area (Å²) in [5, 5.41) is 3.27. The van der Waals surface area contributed by atoms with Gasteiger partial charge >= 0.3 is 0 Å². The number of hydrogen-bond donors (Lipinski definition) is 1. The van der Waals surface area contributed by atoms with Crippen molar-refractivity contribution < 1.29 is 4.79 Å². The first kappa shape index (κ1) is 13.2. The Balaban J connectivity index is 1.65. The topological polar surface area (TPSA) is 29.1 Å². The van der Waals surface area contributed by atoms with Gasteiger partial charge in [0.15, 0.2) is 0 Å². The lowest BCUT2D eigenvalue weighted by Gasteiger charge is -2.28. The van der Waals surface area contributed by atoms with Crippen LogP contribution < -0.4 is 5.32 Å². The summed E-state index contributed by atoms with van der Waals surface area (Å²) >= 11 is 6.24. The molecule has 0 aromatic carbocycles. The van der Waals surface area contributed by atoms with Crippen molar-refractivity contribution in [2.75, 3.05) is 0 Å². The molecule has 0 spiro atoms. The SMILES string of the molecule is O=C(CCC1CCCC1)NC1CCCCC1Cl. The molecule has 2 aliphatic carbocycles. The average molecular weight is 258 g/mol. The second kappa shape index (κ2) is 6.63. The number of halogens is 1. The smallest absolute Gasteiger partial charge is 0.220 e. The lowest BCUT2D eigenvalue weighted by molar-refractivity contribution is -0.122. The Kier molecular flexibility index (Phi) is 5.15. The van der Waals surface area contributed by atoms with E-state index in [0.29, 0.717) is 6.42 Å². The summed E-state index contributed by atoms with van der Waals surface area (Å²) in [6, 6.07) is 0.224. The van der Waals surface area contributed by atoms with Gasteiger partial charge in [0.1, 0.15) is 0 Å². The predicted octanol–water partition coefficient (Wildman–Crippen LogP) is 3.62. The molecule has 2 aliphatic rings. The molecule has 3 heteroatoms. The third-order valence-electron chi connectivity index (χ3n) is 4.28. The van der Waals surface area contributed by atoms with Crippen molar-refractivity contribution in [3.8, 4) is 0 Å². The molecule has 0 aromatic heterocycles. The average Bonchev–Trinajstić information content (AvgIpc) is 2.82. The van der Waals surface area contributed by atoms with Crippen LogP contribution in [0.15, 0.2) is 0 Å². The van der Waals surface area contributed by atoms with Gasteiger partial charge in [0.2, 0.25) is 5.91 Å². The summed E-state index contributed by atoms with van der Waals surface area (Å²) in [5.74, 6) is 1.02. The first-order valence-corrected chi connectivity index (χ1v) is 7.63. The largest absolute Gasteiger partial charge is 0.352 e. The van der Waals surface area contributed by atoms with E-state index in [-0.39, 0.29) is 17.3 Å². The highest BCUT2D eigenvalue weighted by Gasteiger charge is 2.24. The highest BCUT2D eigenvalue weighted by molar-refractivity contribution is 6.21. The van der Waals surface area contributed by atoms with Gasteiger partial charge < -0.3 is 5.32 Å². The van der Waals surface area contributed by atoms with Gasteiger partial charge in [-0.15, -0.1) is 11.6 Å². The molecule has 0 heterocycles. The van der Waals surface area contributed by atoms with Crippen LogP contribution >= 0.6 is 11.6 Å². The van der Waals surface area contributed by atoms with Gasteiger partial charge in [-0.25, -0.2) is 0 Å². The number of carbonyl (C=O) groups excluding carboxylic acids is 1. The molecular formula is C14H24ClNO. The molecule has 2 saturated carbocycles. The van der Waals surface area contributed by atoms with Crippen LogP contribution in [0.2, 0.25) is 0 Å². The molecule has 2 rings (SSSR count). The van der Waals surface area contributed by atoms with Crippen molar-refractivity contribution >= 4 is 17.5 Å². The summed E-state index contributed by atoms with van der Waals surface area (Å²) in [6.07, 6.45) is 11.7. The zero-order valence-corrected chi connectivity index (χ0v) is 11.3. The Labute approximate surface area is 109 Å². The monoisotopic (exact) mass is 257 g/mol. The van der Waals surface area contributed by atoms with E-state index in [1.54, 1.807) is 0 Å². The Morgan fingerprint density at radius 1 is 1.06 bits per heavy atom. The van der Waals surface area contributed by atoms with E-state index in [1.807, 2.05) is 0 Å². The van der Waals surface area contributed by atoms with Crippen LogP contribution in [0, 0.1) is 5.92 Å². The van der Waals surface area contributed by atoms with Crippen LogP contribution in [-0.4, -0.2) is 17.3 Å². The molecule has 0 saturated heterocycles. The number of hydrogen-bond acceptors (Lipinski definition) is 1. The summed E-state index contributed by atoms with van der Waals surface area (Å²) in [6.45, 7) is 0. The molecule has 1 amide bonds. The lowest BCUT2D eigenvalue weighted by atomic mass is 9.94. The first-order chi connectivity index (χ1) is 8.25. The van der Waals surface area contributed by atoms with Crippen LogP contribution in [0.4, 0.5) is 0 Å². The van der Waals surface area contributed by atoms with Gasteiger partial charge in [0.25, 0.3) is 0 Å². The van der Waals surface area contributed by atoms with E-state index in [2.05, 4.69) is 5.32 Å². The standard InChI is InChI=1S/C14H24ClNO/c15-12-7-3-4-8-13(12)16-14(17)10-9-11-5-1-2-6-11/h11-13H,1-10H2,(H,16,17). The second-order valence-corrected chi connectivity index (χ2v) is 6.22. The molecule has 0 bridgehead atoms. The number of nitrogens with one attached hydrogen (secondary N) is 1. The third-order valence-corrected chi connectivity index (χ3v) is 4.80. The number of amides is 1. The minimum absolute atomic E-state index is 0.152. The summed E-state index contributed by atoms with van der Waals surface area (Å²) in [5.41, 5.74) is 0. The van der Waals surface area contributed by atoms with Gasteiger partial charge in [-0.3, -0.25) is 4.79 Å². The lowest BCUT2D eigenvalue weighted by Crippen LogP contribution is -2.42. The van der Waals surface area contributed by atoms with E-state index >= 15 is 0 Å². The van der Waals surface area contributed by atoms with Crippen molar-refractivity contribution in [3.63, 3.8) is 0 Å². The summed E-state index contributed by atoms with van der Waals surface area (Å²) in [4.78, 5) is 11.8. The van der Waals surface area contributed by atoms with Crippen LogP contribution in [0.25, 0.3) is 0 Å². The minimum atomic E-state index is 0.152. The fraction of sp³-hybridized carbons (Fsp3) is 0.929. The van der Waals surface area contributed by atoms with Gasteiger partial charge in [0, 0.05) is 12.5 Å². The predicted molar refractivity (Wildman–Crippen MR) is 71.2 cm³/mol. The molecule has 98 valence electrons. The van der Waals surface area contributed by atoms with Crippen molar-refractivity contribution in [1.82, 2.24) is 5.32 Å². The summed E-state index contributed by atoms with van der Waals surface area (Å²) in [7, 11) is 0. The van der Waals surface area contributed by atoms with Gasteiger partial charge in [0.05, 0.1) is 5.38 Å². The molecule has 2 unspecified atom stereocenters. The van der Waals surface area contributed by atoms with Crippen LogP contribution in [0.5, 0.6) is 0 Å². The molecular weight excluding hydrogens is 234 g/mol. The molecule has 17 heavy (non-hydrogen) atoms. The van der Waals surface area contributed by atoms with E-state index < -0.39 is 0 Å². The maximum atomic E-state index is 11.8. The molecule has 0 aromatic rings. The number of carbonyl (C=O) groups is 1. The Morgan fingerprint density at radius 2 is 1.71 bits per heavy atom. The fourth-order valence-electron chi connectivity index (χ4n) is 3.16. The van der Waals surface area contributed by atoms with E-state index in [1.165, 1.54) is 38.5 Å². The Morgan fingerprint density at radius 3 is 2.41 bits per heavy atom. The van der Waals surface area contributed by atoms with Crippen molar-refractivity contribution in [3.05, 3.63) is 0 Å². The van der Waals surface area contributed by atoms with Gasteiger partial charge in [-0.1, -0.05) is 38.5 Å². The summed E-state index contributed by atoms with van der Waals surface area (Å²) < 4.78 is 0. The van der Waals surface area contributed by atoms with E-state index in [9.17, 15) is 4.79 Å². The highest BCUT2D eigenvalue weighted by atomic mass is 35.5. The van der Waals surface area contributed by atoms with Crippen molar-refractivity contribution in [2.24, 2.45) is 5.92 Å². The molecule has 1 N–H and O–H groups in total. The van der Waals surface area contributed by atoms with Crippen LogP contribution in [-0.2, 0) is 4.79 Å². The van der Waals surface area contributed by atoms with Crippen LogP contribution in [0.1, 0.15) is 64.2 Å². The fourth-order valence-corrected chi connectivity index (χ4v) is 3.50. The molecule has 0 radical (unpaired) electrons. The molecule has 2 fully saturated rings. The first-order valence-electron chi connectivity index (χ1n) is 7.19. The van der Waals surface area contributed by atoms with Gasteiger partial charge in [-0.05, 0) is 25.2 Å². The number of alkyl halides is 1. The van der Waals surface area contributed by atoms with E-state index in [4.69, 9.17) is 11.6 Å².